The molecule has 3 N–H and O–H groups in total. The van der Waals surface area contributed by atoms with Gasteiger partial charge in [-0.2, -0.15) is 4.98 Å². The molecule has 0 amide bonds. The van der Waals surface area contributed by atoms with Crippen LogP contribution in [0.5, 0.6) is 0 Å². The van der Waals surface area contributed by atoms with Gasteiger partial charge >= 0.3 is 0 Å². The molecule has 0 unspecified atom stereocenters. The summed E-state index contributed by atoms with van der Waals surface area (Å²) in [5.41, 5.74) is 5.35. The maximum Gasteiger partial charge on any atom is 0.245 e. The largest absolute Gasteiger partial charge is 0.398 e. The van der Waals surface area contributed by atoms with Crippen LogP contribution in [0.3, 0.4) is 0 Å². The molecule has 1 heterocycles. The topological polar surface area (TPSA) is 111 Å². The highest BCUT2D eigenvalue weighted by atomic mass is 32.2. The van der Waals surface area contributed by atoms with Crippen LogP contribution in [0.1, 0.15) is 11.7 Å². The molecule has 0 bridgehead atoms. The Morgan fingerprint density at radius 1 is 1.45 bits per heavy atom. The second-order valence-electron chi connectivity index (χ2n) is 4.04. The van der Waals surface area contributed by atoms with Crippen molar-refractivity contribution in [3.8, 4) is 0 Å². The smallest absolute Gasteiger partial charge is 0.245 e. The highest BCUT2D eigenvalue weighted by Crippen LogP contribution is 2.21. The average Bonchev–Trinajstić information content (AvgIpc) is 2.74. The van der Waals surface area contributed by atoms with Crippen LogP contribution in [0.25, 0.3) is 0 Å². The van der Waals surface area contributed by atoms with Gasteiger partial charge in [0.25, 0.3) is 0 Å². The number of nitrogens with zero attached hydrogens (tertiary/aromatic N) is 2. The maximum atomic E-state index is 13.6. The third kappa shape index (κ3) is 3.11. The van der Waals surface area contributed by atoms with Gasteiger partial charge in [-0.1, -0.05) is 11.2 Å². The Bertz CT molecular complexity index is 694. The number of anilines is 1. The molecule has 0 aliphatic carbocycles. The fourth-order valence-electron chi connectivity index (χ4n) is 1.62. The number of aromatic nitrogens is 2. The Kier molecular flexibility index (Phi) is 4.00. The molecule has 1 aromatic carbocycles. The molecule has 20 heavy (non-hydrogen) atoms. The Morgan fingerprint density at radius 2 is 2.20 bits per heavy atom. The molecule has 9 heteroatoms. The summed E-state index contributed by atoms with van der Waals surface area (Å²) in [5, 5.41) is 3.57. The number of nitrogen functional groups attached to an aromatic ring is 1. The summed E-state index contributed by atoms with van der Waals surface area (Å²) in [6.45, 7) is 1.65. The van der Waals surface area contributed by atoms with Crippen molar-refractivity contribution in [2.45, 2.75) is 18.2 Å². The number of hydrogen-bond donors (Lipinski definition) is 2. The van der Waals surface area contributed by atoms with Crippen molar-refractivity contribution in [2.75, 3.05) is 12.3 Å². The molecule has 0 aliphatic rings. The number of rotatable bonds is 5. The van der Waals surface area contributed by atoms with Gasteiger partial charge in [0.15, 0.2) is 5.82 Å². The summed E-state index contributed by atoms with van der Waals surface area (Å²) >= 11 is 0. The van der Waals surface area contributed by atoms with Crippen LogP contribution in [-0.4, -0.2) is 25.1 Å². The standard InChI is InChI=1S/C11H13FN4O3S/c1-7-15-10(19-16-7)5-6-14-20(17,18)11-8(12)3-2-4-9(11)13/h2-4,14H,5-6,13H2,1H3. The summed E-state index contributed by atoms with van der Waals surface area (Å²) < 4.78 is 44.6. The molecule has 0 aliphatic heterocycles. The zero-order chi connectivity index (χ0) is 14.8. The number of benzene rings is 1. The van der Waals surface area contributed by atoms with E-state index in [2.05, 4.69) is 14.9 Å². The van der Waals surface area contributed by atoms with Gasteiger partial charge in [0, 0.05) is 13.0 Å². The van der Waals surface area contributed by atoms with E-state index >= 15 is 0 Å². The van der Waals surface area contributed by atoms with E-state index < -0.39 is 20.7 Å². The zero-order valence-corrected chi connectivity index (χ0v) is 11.4. The molecule has 2 aromatic rings. The predicted octanol–water partition coefficient (Wildman–Crippen LogP) is 0.620. The second-order valence-corrected chi connectivity index (χ2v) is 5.75. The third-order valence-electron chi connectivity index (χ3n) is 2.47. The predicted molar refractivity (Wildman–Crippen MR) is 68.7 cm³/mol. The summed E-state index contributed by atoms with van der Waals surface area (Å²) in [4.78, 5) is 3.37. The van der Waals surface area contributed by atoms with Crippen molar-refractivity contribution >= 4 is 15.7 Å². The van der Waals surface area contributed by atoms with E-state index in [-0.39, 0.29) is 18.7 Å². The number of sulfonamides is 1. The van der Waals surface area contributed by atoms with Gasteiger partial charge in [-0.15, -0.1) is 0 Å². The number of nitrogens with two attached hydrogens (primary N) is 1. The molecule has 0 radical (unpaired) electrons. The van der Waals surface area contributed by atoms with Crippen LogP contribution >= 0.6 is 0 Å². The highest BCUT2D eigenvalue weighted by Gasteiger charge is 2.21. The summed E-state index contributed by atoms with van der Waals surface area (Å²) in [5.74, 6) is -0.140. The van der Waals surface area contributed by atoms with Gasteiger partial charge in [-0.05, 0) is 19.1 Å². The van der Waals surface area contributed by atoms with Crippen molar-refractivity contribution < 1.29 is 17.3 Å². The van der Waals surface area contributed by atoms with Crippen molar-refractivity contribution in [3.63, 3.8) is 0 Å². The minimum absolute atomic E-state index is 0.00224. The number of aryl methyl sites for hydroxylation is 1. The van der Waals surface area contributed by atoms with Crippen LogP contribution in [-0.2, 0) is 16.4 Å². The number of halogens is 1. The summed E-state index contributed by atoms with van der Waals surface area (Å²) in [7, 11) is -4.02. The fourth-order valence-corrected chi connectivity index (χ4v) is 2.83. The molecule has 0 fully saturated rings. The average molecular weight is 300 g/mol. The normalized spacial score (nSPS) is 11.7. The van der Waals surface area contributed by atoms with Crippen molar-refractivity contribution in [1.29, 1.82) is 0 Å². The first-order chi connectivity index (χ1) is 9.40. The van der Waals surface area contributed by atoms with E-state index in [0.717, 1.165) is 6.07 Å². The van der Waals surface area contributed by atoms with Crippen molar-refractivity contribution in [3.05, 3.63) is 35.7 Å². The molecular formula is C11H13FN4O3S. The lowest BCUT2D eigenvalue weighted by Gasteiger charge is -2.08. The van der Waals surface area contributed by atoms with Crippen LogP contribution in [0.2, 0.25) is 0 Å². The minimum Gasteiger partial charge on any atom is -0.398 e. The van der Waals surface area contributed by atoms with Crippen molar-refractivity contribution in [1.82, 2.24) is 14.9 Å². The van der Waals surface area contributed by atoms with E-state index in [4.69, 9.17) is 10.3 Å². The Labute approximate surface area is 115 Å². The van der Waals surface area contributed by atoms with Gasteiger partial charge in [-0.25, -0.2) is 17.5 Å². The minimum atomic E-state index is -4.02. The quantitative estimate of drug-likeness (QED) is 0.783. The fraction of sp³-hybridized carbons (Fsp3) is 0.273. The van der Waals surface area contributed by atoms with Gasteiger partial charge in [0.2, 0.25) is 15.9 Å². The van der Waals surface area contributed by atoms with Crippen LogP contribution in [0, 0.1) is 12.7 Å². The van der Waals surface area contributed by atoms with E-state index in [1.54, 1.807) is 6.92 Å². The maximum absolute atomic E-state index is 13.6. The van der Waals surface area contributed by atoms with Gasteiger partial charge in [0.1, 0.15) is 10.7 Å². The first kappa shape index (κ1) is 14.4. The number of hydrogen-bond acceptors (Lipinski definition) is 6. The van der Waals surface area contributed by atoms with Crippen molar-refractivity contribution in [2.24, 2.45) is 0 Å². The molecule has 0 spiro atoms. The van der Waals surface area contributed by atoms with E-state index in [1.165, 1.54) is 12.1 Å². The van der Waals surface area contributed by atoms with Gasteiger partial charge < -0.3 is 10.3 Å². The SMILES string of the molecule is Cc1noc(CCNS(=O)(=O)c2c(N)cccc2F)n1. The van der Waals surface area contributed by atoms with Gasteiger partial charge in [0.05, 0.1) is 5.69 Å². The van der Waals surface area contributed by atoms with E-state index in [1.807, 2.05) is 0 Å². The second kappa shape index (κ2) is 5.55. The molecule has 7 nitrogen and oxygen atoms in total. The van der Waals surface area contributed by atoms with E-state index in [9.17, 15) is 12.8 Å². The van der Waals surface area contributed by atoms with Crippen LogP contribution in [0.15, 0.2) is 27.6 Å². The Morgan fingerprint density at radius 3 is 2.80 bits per heavy atom. The monoisotopic (exact) mass is 300 g/mol. The lowest BCUT2D eigenvalue weighted by Crippen LogP contribution is -2.27. The van der Waals surface area contributed by atoms with Crippen LogP contribution < -0.4 is 10.5 Å². The summed E-state index contributed by atoms with van der Waals surface area (Å²) in [6.07, 6.45) is 0.203. The first-order valence-corrected chi connectivity index (χ1v) is 7.21. The zero-order valence-electron chi connectivity index (χ0n) is 10.6. The van der Waals surface area contributed by atoms with Crippen LogP contribution in [0.4, 0.5) is 10.1 Å². The molecule has 1 aromatic heterocycles. The van der Waals surface area contributed by atoms with Gasteiger partial charge in [-0.3, -0.25) is 0 Å². The molecule has 0 atom stereocenters. The highest BCUT2D eigenvalue weighted by molar-refractivity contribution is 7.89. The Hall–Kier alpha value is -2.00. The molecule has 0 saturated carbocycles. The lowest BCUT2D eigenvalue weighted by molar-refractivity contribution is 0.375. The third-order valence-corrected chi connectivity index (χ3v) is 4.02. The molecule has 2 rings (SSSR count). The lowest BCUT2D eigenvalue weighted by atomic mass is 10.3. The molecule has 0 saturated heterocycles. The molecule has 108 valence electrons. The molecular weight excluding hydrogens is 287 g/mol. The first-order valence-electron chi connectivity index (χ1n) is 5.73. The Balaban J connectivity index is 2.08. The van der Waals surface area contributed by atoms with E-state index in [0.29, 0.717) is 11.7 Å². The summed E-state index contributed by atoms with van der Waals surface area (Å²) in [6, 6.07) is 3.69. The number of nitrogens with one attached hydrogen (secondary N) is 1.